The predicted octanol–water partition coefficient (Wildman–Crippen LogP) is 3.32. The highest BCUT2D eigenvalue weighted by Crippen LogP contribution is 2.43. The van der Waals surface area contributed by atoms with Crippen LogP contribution in [0.1, 0.15) is 36.5 Å². The van der Waals surface area contributed by atoms with E-state index in [1.165, 1.54) is 4.90 Å². The number of carboxylic acids is 1. The number of amides is 1. The van der Waals surface area contributed by atoms with Gasteiger partial charge in [-0.05, 0) is 42.7 Å². The van der Waals surface area contributed by atoms with Crippen LogP contribution < -0.4 is 15.0 Å². The summed E-state index contributed by atoms with van der Waals surface area (Å²) in [6, 6.07) is 21.3. The topological polar surface area (TPSA) is 135 Å². The van der Waals surface area contributed by atoms with Gasteiger partial charge in [-0.3, -0.25) is 19.8 Å². The van der Waals surface area contributed by atoms with Gasteiger partial charge in [0.05, 0.1) is 12.2 Å². The number of ether oxygens (including phenoxy) is 3. The SMILES string of the molecule is CCOC(=O)[C@@H]1Cc2ccccc2N1C(=O)CC[C@@H](NC1(c2ccccc2OCc2ccccc2)OC1=O)C(=O)O. The highest BCUT2D eigenvalue weighted by atomic mass is 16.7. The third kappa shape index (κ3) is 5.78. The summed E-state index contributed by atoms with van der Waals surface area (Å²) in [5, 5.41) is 12.8. The predicted molar refractivity (Wildman–Crippen MR) is 147 cm³/mol. The molecule has 0 bridgehead atoms. The third-order valence-electron chi connectivity index (χ3n) is 7.12. The summed E-state index contributed by atoms with van der Waals surface area (Å²) >= 11 is 0. The molecule has 10 nitrogen and oxygen atoms in total. The maximum absolute atomic E-state index is 13.4. The summed E-state index contributed by atoms with van der Waals surface area (Å²) < 4.78 is 16.5. The van der Waals surface area contributed by atoms with E-state index in [1.54, 1.807) is 43.3 Å². The minimum atomic E-state index is -1.72. The fourth-order valence-corrected chi connectivity index (χ4v) is 5.08. The van der Waals surface area contributed by atoms with E-state index < -0.39 is 41.6 Å². The van der Waals surface area contributed by atoms with Crippen LogP contribution in [0.15, 0.2) is 78.9 Å². The van der Waals surface area contributed by atoms with Crippen LogP contribution in [0, 0.1) is 0 Å². The first-order valence-corrected chi connectivity index (χ1v) is 13.4. The van der Waals surface area contributed by atoms with E-state index in [1.807, 2.05) is 42.5 Å². The van der Waals surface area contributed by atoms with Crippen LogP contribution in [-0.4, -0.2) is 47.6 Å². The summed E-state index contributed by atoms with van der Waals surface area (Å²) in [4.78, 5) is 52.3. The lowest BCUT2D eigenvalue weighted by atomic mass is 10.0. The Kier molecular flexibility index (Phi) is 8.02. The van der Waals surface area contributed by atoms with E-state index in [9.17, 15) is 24.3 Å². The number of carbonyl (C=O) groups excluding carboxylic acids is 3. The second-order valence-corrected chi connectivity index (χ2v) is 9.78. The molecule has 2 N–H and O–H groups in total. The first-order chi connectivity index (χ1) is 19.8. The van der Waals surface area contributed by atoms with Crippen molar-refractivity contribution in [1.29, 1.82) is 0 Å². The van der Waals surface area contributed by atoms with Crippen LogP contribution in [0.3, 0.4) is 0 Å². The smallest absolute Gasteiger partial charge is 0.374 e. The number of anilines is 1. The van der Waals surface area contributed by atoms with Crippen LogP contribution in [0.5, 0.6) is 5.75 Å². The lowest BCUT2D eigenvalue weighted by molar-refractivity contribution is -0.146. The van der Waals surface area contributed by atoms with Crippen molar-refractivity contribution in [3.8, 4) is 5.75 Å². The Labute approximate surface area is 236 Å². The maximum Gasteiger partial charge on any atom is 0.374 e. The number of carboxylic acid groups (broad SMARTS) is 1. The summed E-state index contributed by atoms with van der Waals surface area (Å²) in [6.07, 6.45) is -0.0506. The molecule has 0 spiro atoms. The highest BCUT2D eigenvalue weighted by Gasteiger charge is 2.63. The second kappa shape index (κ2) is 11.8. The van der Waals surface area contributed by atoms with Crippen molar-refractivity contribution in [2.45, 2.75) is 50.6 Å². The Morgan fingerprint density at radius 1 is 1.05 bits per heavy atom. The summed E-state index contributed by atoms with van der Waals surface area (Å²) in [7, 11) is 0. The van der Waals surface area contributed by atoms with Crippen LogP contribution in [0.25, 0.3) is 0 Å². The Morgan fingerprint density at radius 3 is 2.44 bits per heavy atom. The Bertz CT molecular complexity index is 1460. The second-order valence-electron chi connectivity index (χ2n) is 9.78. The van der Waals surface area contributed by atoms with Crippen molar-refractivity contribution < 1.29 is 38.5 Å². The Morgan fingerprint density at radius 2 is 1.73 bits per heavy atom. The van der Waals surface area contributed by atoms with Gasteiger partial charge in [0, 0.05) is 18.5 Å². The molecule has 212 valence electrons. The Hall–Kier alpha value is -4.70. The van der Waals surface area contributed by atoms with Gasteiger partial charge in [-0.25, -0.2) is 9.59 Å². The van der Waals surface area contributed by atoms with Crippen molar-refractivity contribution in [3.05, 3.63) is 95.6 Å². The maximum atomic E-state index is 13.4. The van der Waals surface area contributed by atoms with Crippen LogP contribution in [-0.2, 0) is 47.4 Å². The van der Waals surface area contributed by atoms with Crippen molar-refractivity contribution in [1.82, 2.24) is 5.32 Å². The van der Waals surface area contributed by atoms with E-state index in [4.69, 9.17) is 14.2 Å². The average Bonchev–Trinajstić information content (AvgIpc) is 3.46. The number of nitrogens with one attached hydrogen (secondary N) is 1. The van der Waals surface area contributed by atoms with Gasteiger partial charge in [-0.2, -0.15) is 0 Å². The quantitative estimate of drug-likeness (QED) is 0.254. The molecule has 1 amide bonds. The van der Waals surface area contributed by atoms with Gasteiger partial charge in [0.25, 0.3) is 5.72 Å². The zero-order valence-electron chi connectivity index (χ0n) is 22.4. The molecule has 0 aliphatic carbocycles. The molecule has 1 unspecified atom stereocenters. The van der Waals surface area contributed by atoms with Crippen LogP contribution in [0.4, 0.5) is 5.69 Å². The summed E-state index contributed by atoms with van der Waals surface area (Å²) in [5.74, 6) is -2.49. The zero-order chi connectivity index (χ0) is 29.0. The minimum Gasteiger partial charge on any atom is -0.488 e. The molecule has 0 saturated carbocycles. The zero-order valence-corrected chi connectivity index (χ0v) is 22.4. The normalized spacial score (nSPS) is 19.6. The molecule has 1 fully saturated rings. The van der Waals surface area contributed by atoms with Crippen LogP contribution in [0.2, 0.25) is 0 Å². The number of benzene rings is 3. The number of nitrogens with zero attached hydrogens (tertiary/aromatic N) is 1. The van der Waals surface area contributed by atoms with Gasteiger partial charge in [-0.15, -0.1) is 0 Å². The van der Waals surface area contributed by atoms with Crippen molar-refractivity contribution >= 4 is 29.5 Å². The van der Waals surface area contributed by atoms with Crippen molar-refractivity contribution in [3.63, 3.8) is 0 Å². The number of para-hydroxylation sites is 2. The van der Waals surface area contributed by atoms with Crippen molar-refractivity contribution in [2.75, 3.05) is 11.5 Å². The molecular weight excluding hydrogens is 528 g/mol. The van der Waals surface area contributed by atoms with Crippen molar-refractivity contribution in [2.24, 2.45) is 0 Å². The monoisotopic (exact) mass is 558 g/mol. The van der Waals surface area contributed by atoms with Crippen LogP contribution >= 0.6 is 0 Å². The summed E-state index contributed by atoms with van der Waals surface area (Å²) in [5.41, 5.74) is 0.966. The fourth-order valence-electron chi connectivity index (χ4n) is 5.08. The van der Waals surface area contributed by atoms with E-state index in [-0.39, 0.29) is 26.1 Å². The van der Waals surface area contributed by atoms with E-state index in [0.717, 1.165) is 11.1 Å². The van der Waals surface area contributed by atoms with Gasteiger partial charge >= 0.3 is 17.9 Å². The lowest BCUT2D eigenvalue weighted by Crippen LogP contribution is -2.47. The first kappa shape index (κ1) is 27.9. The molecule has 5 rings (SSSR count). The lowest BCUT2D eigenvalue weighted by Gasteiger charge is -2.25. The van der Waals surface area contributed by atoms with E-state index >= 15 is 0 Å². The number of esters is 1. The molecule has 3 aromatic rings. The molecule has 0 aromatic heterocycles. The molecule has 1 saturated heterocycles. The number of hydrogen-bond donors (Lipinski definition) is 2. The standard InChI is InChI=1S/C31H30N2O8/c1-2-39-29(37)25-18-21-12-6-8-14-24(21)33(25)27(34)17-16-23(28(35)36)32-31(30(38)41-31)22-13-7-9-15-26(22)40-19-20-10-4-3-5-11-20/h3-15,23,25,32H,2,16-19H2,1H3,(H,35,36)/t23-,25+,31?/m1/s1. The van der Waals surface area contributed by atoms with E-state index in [0.29, 0.717) is 23.4 Å². The molecule has 2 aliphatic heterocycles. The van der Waals surface area contributed by atoms with Gasteiger partial charge in [-0.1, -0.05) is 60.7 Å². The van der Waals surface area contributed by atoms with Gasteiger partial charge in [0.15, 0.2) is 0 Å². The molecular formula is C31H30N2O8. The fraction of sp³-hybridized carbons (Fsp3) is 0.290. The molecule has 2 heterocycles. The largest absolute Gasteiger partial charge is 0.488 e. The Balaban J connectivity index is 1.31. The first-order valence-electron chi connectivity index (χ1n) is 13.4. The number of rotatable bonds is 12. The molecule has 3 aromatic carbocycles. The number of fused-ring (bicyclic) bond motifs is 1. The number of epoxide rings is 1. The highest BCUT2D eigenvalue weighted by molar-refractivity contribution is 6.02. The van der Waals surface area contributed by atoms with Gasteiger partial charge in [0.1, 0.15) is 24.4 Å². The number of aliphatic carboxylic acids is 1. The van der Waals surface area contributed by atoms with Gasteiger partial charge < -0.3 is 19.3 Å². The minimum absolute atomic E-state index is 0.159. The third-order valence-corrected chi connectivity index (χ3v) is 7.12. The summed E-state index contributed by atoms with van der Waals surface area (Å²) in [6.45, 7) is 2.10. The number of carbonyl (C=O) groups is 4. The van der Waals surface area contributed by atoms with Gasteiger partial charge in [0.2, 0.25) is 5.91 Å². The molecule has 41 heavy (non-hydrogen) atoms. The molecule has 0 radical (unpaired) electrons. The average molecular weight is 559 g/mol. The molecule has 10 heteroatoms. The molecule has 2 aliphatic rings. The number of hydrogen-bond acceptors (Lipinski definition) is 8. The number of cyclic esters (lactones) is 1. The van der Waals surface area contributed by atoms with E-state index in [2.05, 4.69) is 5.32 Å². The molecule has 3 atom stereocenters.